The molecule has 0 aromatic heterocycles. The van der Waals surface area contributed by atoms with Gasteiger partial charge in [-0.1, -0.05) is 0 Å². The lowest BCUT2D eigenvalue weighted by molar-refractivity contribution is -0.0735. The van der Waals surface area contributed by atoms with E-state index < -0.39 is 11.7 Å². The fraction of sp³-hybridized carbons (Fsp3) is 0.500. The van der Waals surface area contributed by atoms with E-state index in [-0.39, 0.29) is 6.54 Å². The van der Waals surface area contributed by atoms with E-state index >= 15 is 0 Å². The minimum absolute atomic E-state index is 0.285. The Kier molecular flexibility index (Phi) is 5.35. The number of carbonyl (C=O) groups excluding carboxylic acids is 1. The first kappa shape index (κ1) is 16.3. The summed E-state index contributed by atoms with van der Waals surface area (Å²) >= 11 is 0. The van der Waals surface area contributed by atoms with Gasteiger partial charge in [0.1, 0.15) is 11.4 Å². The Morgan fingerprint density at radius 3 is 2.55 bits per heavy atom. The molecule has 112 valence electrons. The zero-order valence-electron chi connectivity index (χ0n) is 12.6. The minimum atomic E-state index is -0.551. The van der Waals surface area contributed by atoms with Gasteiger partial charge in [0, 0.05) is 18.3 Å². The number of hydroxylamine groups is 2. The van der Waals surface area contributed by atoms with Crippen LogP contribution in [-0.4, -0.2) is 36.1 Å². The fourth-order valence-electron chi connectivity index (χ4n) is 1.65. The SMILES string of the molecule is COc1ccc(NC(=O)OC(C)(C)C)cc1CN(C)O. The Bertz CT molecular complexity index is 467. The van der Waals surface area contributed by atoms with Crippen LogP contribution in [0.1, 0.15) is 26.3 Å². The summed E-state index contributed by atoms with van der Waals surface area (Å²) in [6.45, 7) is 5.68. The summed E-state index contributed by atoms with van der Waals surface area (Å²) in [5.74, 6) is 0.639. The highest BCUT2D eigenvalue weighted by molar-refractivity contribution is 5.85. The van der Waals surface area contributed by atoms with E-state index in [1.54, 1.807) is 46.1 Å². The number of amides is 1. The van der Waals surface area contributed by atoms with Crippen molar-refractivity contribution in [3.8, 4) is 5.75 Å². The van der Waals surface area contributed by atoms with E-state index in [0.717, 1.165) is 10.6 Å². The molecule has 0 bridgehead atoms. The van der Waals surface area contributed by atoms with Crippen molar-refractivity contribution in [3.05, 3.63) is 23.8 Å². The van der Waals surface area contributed by atoms with Crippen molar-refractivity contribution in [1.29, 1.82) is 0 Å². The number of hydrogen-bond acceptors (Lipinski definition) is 5. The van der Waals surface area contributed by atoms with E-state index in [4.69, 9.17) is 9.47 Å². The van der Waals surface area contributed by atoms with Crippen LogP contribution in [-0.2, 0) is 11.3 Å². The van der Waals surface area contributed by atoms with Crippen LogP contribution in [0.4, 0.5) is 10.5 Å². The van der Waals surface area contributed by atoms with Gasteiger partial charge >= 0.3 is 6.09 Å². The Hall–Kier alpha value is -1.79. The second kappa shape index (κ2) is 6.58. The zero-order valence-corrected chi connectivity index (χ0v) is 12.6. The number of carbonyl (C=O) groups is 1. The molecule has 1 rings (SSSR count). The molecule has 0 fully saturated rings. The Morgan fingerprint density at radius 2 is 2.05 bits per heavy atom. The molecule has 2 N–H and O–H groups in total. The molecule has 0 spiro atoms. The van der Waals surface area contributed by atoms with Crippen molar-refractivity contribution in [2.24, 2.45) is 0 Å². The van der Waals surface area contributed by atoms with Crippen LogP contribution in [0, 0.1) is 0 Å². The third kappa shape index (κ3) is 5.46. The van der Waals surface area contributed by atoms with Crippen LogP contribution in [0.25, 0.3) is 0 Å². The highest BCUT2D eigenvalue weighted by Crippen LogP contribution is 2.24. The highest BCUT2D eigenvalue weighted by Gasteiger charge is 2.16. The lowest BCUT2D eigenvalue weighted by Gasteiger charge is -2.20. The normalized spacial score (nSPS) is 11.3. The number of anilines is 1. The molecule has 6 heteroatoms. The van der Waals surface area contributed by atoms with Gasteiger partial charge in [-0.15, -0.1) is 0 Å². The Labute approximate surface area is 119 Å². The molecule has 0 saturated heterocycles. The minimum Gasteiger partial charge on any atom is -0.496 e. The highest BCUT2D eigenvalue weighted by atomic mass is 16.6. The summed E-state index contributed by atoms with van der Waals surface area (Å²) < 4.78 is 10.4. The summed E-state index contributed by atoms with van der Waals surface area (Å²) in [4.78, 5) is 11.7. The molecule has 0 radical (unpaired) electrons. The lowest BCUT2D eigenvalue weighted by Crippen LogP contribution is -2.27. The molecule has 0 saturated carbocycles. The maximum Gasteiger partial charge on any atom is 0.412 e. The molecule has 1 amide bonds. The lowest BCUT2D eigenvalue weighted by atomic mass is 10.1. The molecule has 1 aromatic rings. The molecular weight excluding hydrogens is 260 g/mol. The van der Waals surface area contributed by atoms with Gasteiger partial charge in [-0.2, -0.15) is 5.06 Å². The average Bonchev–Trinajstić information content (AvgIpc) is 2.25. The molecule has 0 aliphatic heterocycles. The number of rotatable bonds is 4. The zero-order chi connectivity index (χ0) is 15.3. The van der Waals surface area contributed by atoms with Gasteiger partial charge in [-0.3, -0.25) is 5.32 Å². The number of benzene rings is 1. The molecule has 6 nitrogen and oxygen atoms in total. The molecule has 0 atom stereocenters. The first-order valence-corrected chi connectivity index (χ1v) is 6.28. The summed E-state index contributed by atoms with van der Waals surface area (Å²) in [6.07, 6.45) is -0.522. The van der Waals surface area contributed by atoms with Gasteiger partial charge in [-0.25, -0.2) is 4.79 Å². The first-order chi connectivity index (χ1) is 9.21. The van der Waals surface area contributed by atoms with Crippen LogP contribution in [0.2, 0.25) is 0 Å². The van der Waals surface area contributed by atoms with Crippen molar-refractivity contribution in [1.82, 2.24) is 5.06 Å². The van der Waals surface area contributed by atoms with E-state index in [9.17, 15) is 10.0 Å². The van der Waals surface area contributed by atoms with E-state index in [1.165, 1.54) is 7.05 Å². The number of ether oxygens (including phenoxy) is 2. The van der Waals surface area contributed by atoms with Crippen molar-refractivity contribution in [2.75, 3.05) is 19.5 Å². The summed E-state index contributed by atoms with van der Waals surface area (Å²) in [6, 6.07) is 5.17. The van der Waals surface area contributed by atoms with Crippen molar-refractivity contribution in [3.63, 3.8) is 0 Å². The molecule has 0 aliphatic rings. The molecule has 0 heterocycles. The molecular formula is C14H22N2O4. The van der Waals surface area contributed by atoms with Gasteiger partial charge in [0.15, 0.2) is 0 Å². The van der Waals surface area contributed by atoms with Gasteiger partial charge in [0.2, 0.25) is 0 Å². The predicted molar refractivity (Wildman–Crippen MR) is 76.1 cm³/mol. The fourth-order valence-corrected chi connectivity index (χ4v) is 1.65. The average molecular weight is 282 g/mol. The first-order valence-electron chi connectivity index (χ1n) is 6.28. The molecule has 20 heavy (non-hydrogen) atoms. The monoisotopic (exact) mass is 282 g/mol. The third-order valence-corrected chi connectivity index (χ3v) is 2.32. The van der Waals surface area contributed by atoms with E-state index in [1.807, 2.05) is 0 Å². The summed E-state index contributed by atoms with van der Waals surface area (Å²) in [5.41, 5.74) is 0.785. The molecule has 1 aromatic carbocycles. The molecule has 0 unspecified atom stereocenters. The molecule has 0 aliphatic carbocycles. The van der Waals surface area contributed by atoms with Gasteiger partial charge in [0.05, 0.1) is 13.7 Å². The van der Waals surface area contributed by atoms with Crippen LogP contribution >= 0.6 is 0 Å². The smallest absolute Gasteiger partial charge is 0.412 e. The van der Waals surface area contributed by atoms with Crippen molar-refractivity contribution < 1.29 is 19.5 Å². The number of nitrogens with zero attached hydrogens (tertiary/aromatic N) is 1. The second-order valence-corrected chi connectivity index (χ2v) is 5.47. The maximum atomic E-state index is 11.7. The maximum absolute atomic E-state index is 11.7. The largest absolute Gasteiger partial charge is 0.496 e. The number of methoxy groups -OCH3 is 1. The third-order valence-electron chi connectivity index (χ3n) is 2.32. The van der Waals surface area contributed by atoms with E-state index in [2.05, 4.69) is 5.32 Å². The number of nitrogens with one attached hydrogen (secondary N) is 1. The number of hydrogen-bond donors (Lipinski definition) is 2. The van der Waals surface area contributed by atoms with Crippen LogP contribution in [0.5, 0.6) is 5.75 Å². The van der Waals surface area contributed by atoms with Gasteiger partial charge in [-0.05, 0) is 39.0 Å². The van der Waals surface area contributed by atoms with Crippen LogP contribution in [0.15, 0.2) is 18.2 Å². The van der Waals surface area contributed by atoms with Gasteiger partial charge in [0.25, 0.3) is 0 Å². The predicted octanol–water partition coefficient (Wildman–Crippen LogP) is 2.86. The summed E-state index contributed by atoms with van der Waals surface area (Å²) in [5, 5.41) is 13.0. The second-order valence-electron chi connectivity index (χ2n) is 5.47. The Balaban J connectivity index is 2.83. The standard InChI is InChI=1S/C14H22N2O4/c1-14(2,3)20-13(17)15-11-6-7-12(19-5)10(8-11)9-16(4)18/h6-8,18H,9H2,1-5H3,(H,15,17). The van der Waals surface area contributed by atoms with Crippen LogP contribution < -0.4 is 10.1 Å². The van der Waals surface area contributed by atoms with Crippen LogP contribution in [0.3, 0.4) is 0 Å². The van der Waals surface area contributed by atoms with Crippen molar-refractivity contribution in [2.45, 2.75) is 32.9 Å². The topological polar surface area (TPSA) is 71.0 Å². The van der Waals surface area contributed by atoms with E-state index in [0.29, 0.717) is 11.4 Å². The Morgan fingerprint density at radius 1 is 1.40 bits per heavy atom. The quantitative estimate of drug-likeness (QED) is 0.831. The van der Waals surface area contributed by atoms with Gasteiger partial charge < -0.3 is 14.7 Å². The van der Waals surface area contributed by atoms with Crippen molar-refractivity contribution >= 4 is 11.8 Å². The summed E-state index contributed by atoms with van der Waals surface area (Å²) in [7, 11) is 3.09.